The average Bonchev–Trinajstić information content (AvgIpc) is 2.66. The van der Waals surface area contributed by atoms with Crippen LogP contribution < -0.4 is 10.6 Å². The lowest BCUT2D eigenvalue weighted by molar-refractivity contribution is 0.0709. The minimum Gasteiger partial charge on any atom is -0.332 e. The third-order valence-electron chi connectivity index (χ3n) is 7.56. The minimum atomic E-state index is -0.712. The van der Waals surface area contributed by atoms with Crippen LogP contribution in [0.2, 0.25) is 0 Å². The summed E-state index contributed by atoms with van der Waals surface area (Å²) < 4.78 is 27.0. The van der Waals surface area contributed by atoms with Crippen molar-refractivity contribution >= 4 is 11.7 Å². The predicted octanol–water partition coefficient (Wildman–Crippen LogP) is 6.67. The van der Waals surface area contributed by atoms with Crippen molar-refractivity contribution in [2.45, 2.75) is 76.7 Å². The largest absolute Gasteiger partial charge is 0.332 e. The molecule has 0 spiro atoms. The normalized spacial score (nSPS) is 27.4. The van der Waals surface area contributed by atoms with Gasteiger partial charge in [0.1, 0.15) is 11.6 Å². The van der Waals surface area contributed by atoms with Crippen molar-refractivity contribution in [1.82, 2.24) is 5.32 Å². The Morgan fingerprint density at radius 1 is 1.06 bits per heavy atom. The van der Waals surface area contributed by atoms with Crippen LogP contribution in [0, 0.1) is 17.6 Å². The number of nitrogens with one attached hydrogen (secondary N) is 2. The third-order valence-corrected chi connectivity index (χ3v) is 7.56. The number of halogens is 2. The standard InChI is InChI=1S/C26H32F2N2O/c1-16(2)17-6-8-22-18(12-17)7-9-23-25(22,3)10-5-11-26(23,4)30-24(31)29-21-14-19(27)13-20(28)15-21/h6,8,12-16,23H,5,7,9-11H2,1-4H3,(H2,29,30,31)/t23-,25-,26-/m1/s1. The van der Waals surface area contributed by atoms with Gasteiger partial charge >= 0.3 is 6.03 Å². The maximum absolute atomic E-state index is 13.5. The van der Waals surface area contributed by atoms with Crippen LogP contribution in [0.4, 0.5) is 19.3 Å². The number of amides is 2. The molecule has 3 atom stereocenters. The number of rotatable bonds is 3. The lowest BCUT2D eigenvalue weighted by Crippen LogP contribution is -2.61. The molecular formula is C26H32F2N2O. The van der Waals surface area contributed by atoms with Crippen LogP contribution in [0.25, 0.3) is 0 Å². The molecule has 3 nitrogen and oxygen atoms in total. The van der Waals surface area contributed by atoms with Gasteiger partial charge in [-0.2, -0.15) is 0 Å². The van der Waals surface area contributed by atoms with E-state index in [2.05, 4.69) is 56.5 Å². The Morgan fingerprint density at radius 2 is 1.77 bits per heavy atom. The van der Waals surface area contributed by atoms with Crippen molar-refractivity contribution in [2.75, 3.05) is 5.32 Å². The fourth-order valence-electron chi connectivity index (χ4n) is 6.07. The molecule has 0 unspecified atom stereocenters. The maximum Gasteiger partial charge on any atom is 0.319 e. The molecule has 0 saturated heterocycles. The molecule has 4 rings (SSSR count). The van der Waals surface area contributed by atoms with E-state index in [9.17, 15) is 13.6 Å². The summed E-state index contributed by atoms with van der Waals surface area (Å²) in [6, 6.07) is 9.54. The molecule has 1 fully saturated rings. The fourth-order valence-corrected chi connectivity index (χ4v) is 6.07. The van der Waals surface area contributed by atoms with E-state index in [0.29, 0.717) is 11.8 Å². The van der Waals surface area contributed by atoms with Gasteiger partial charge in [-0.05, 0) is 78.7 Å². The van der Waals surface area contributed by atoms with Crippen LogP contribution in [-0.2, 0) is 11.8 Å². The number of hydrogen-bond donors (Lipinski definition) is 2. The van der Waals surface area contributed by atoms with Crippen LogP contribution in [0.5, 0.6) is 0 Å². The van der Waals surface area contributed by atoms with Crippen LogP contribution in [0.1, 0.15) is 76.0 Å². The summed E-state index contributed by atoms with van der Waals surface area (Å²) in [4.78, 5) is 12.8. The highest BCUT2D eigenvalue weighted by Gasteiger charge is 2.52. The van der Waals surface area contributed by atoms with E-state index in [1.807, 2.05) is 0 Å². The van der Waals surface area contributed by atoms with E-state index in [0.717, 1.165) is 50.3 Å². The van der Waals surface area contributed by atoms with E-state index in [1.54, 1.807) is 0 Å². The highest BCUT2D eigenvalue weighted by molar-refractivity contribution is 5.89. The Bertz CT molecular complexity index is 985. The molecule has 1 saturated carbocycles. The Hall–Kier alpha value is -2.43. The molecule has 166 valence electrons. The van der Waals surface area contributed by atoms with Crippen LogP contribution in [0.15, 0.2) is 36.4 Å². The Balaban J connectivity index is 1.57. The molecule has 2 aromatic carbocycles. The van der Waals surface area contributed by atoms with Crippen molar-refractivity contribution in [3.05, 3.63) is 64.7 Å². The molecule has 31 heavy (non-hydrogen) atoms. The van der Waals surface area contributed by atoms with Gasteiger partial charge in [0.15, 0.2) is 0 Å². The number of hydrogen-bond acceptors (Lipinski definition) is 1. The zero-order valence-electron chi connectivity index (χ0n) is 18.8. The topological polar surface area (TPSA) is 41.1 Å². The zero-order valence-corrected chi connectivity index (χ0v) is 18.8. The van der Waals surface area contributed by atoms with E-state index in [4.69, 9.17) is 0 Å². The van der Waals surface area contributed by atoms with Gasteiger partial charge in [0, 0.05) is 17.3 Å². The highest BCUT2D eigenvalue weighted by Crippen LogP contribution is 2.53. The predicted molar refractivity (Wildman–Crippen MR) is 120 cm³/mol. The molecule has 2 amide bonds. The minimum absolute atomic E-state index is 0.00562. The molecule has 2 aromatic rings. The molecule has 0 bridgehead atoms. The second kappa shape index (κ2) is 7.92. The average molecular weight is 427 g/mol. The molecule has 0 aliphatic heterocycles. The van der Waals surface area contributed by atoms with Crippen molar-refractivity contribution in [2.24, 2.45) is 5.92 Å². The first-order valence-electron chi connectivity index (χ1n) is 11.3. The zero-order chi connectivity index (χ0) is 22.4. The Labute approximate surface area is 183 Å². The summed E-state index contributed by atoms with van der Waals surface area (Å²) in [5, 5.41) is 5.79. The quantitative estimate of drug-likeness (QED) is 0.565. The van der Waals surface area contributed by atoms with Crippen molar-refractivity contribution in [1.29, 1.82) is 0 Å². The molecule has 0 radical (unpaired) electrons. The van der Waals surface area contributed by atoms with Crippen molar-refractivity contribution in [3.63, 3.8) is 0 Å². The van der Waals surface area contributed by atoms with E-state index >= 15 is 0 Å². The van der Waals surface area contributed by atoms with Crippen LogP contribution in [-0.4, -0.2) is 11.6 Å². The molecule has 2 aliphatic carbocycles. The Kier molecular flexibility index (Phi) is 5.57. The fraction of sp³-hybridized carbons (Fsp3) is 0.500. The number of benzene rings is 2. The van der Waals surface area contributed by atoms with Gasteiger partial charge in [-0.25, -0.2) is 13.6 Å². The molecule has 0 heterocycles. The van der Waals surface area contributed by atoms with E-state index in [-0.39, 0.29) is 11.1 Å². The lowest BCUT2D eigenvalue weighted by Gasteiger charge is -2.55. The second-order valence-corrected chi connectivity index (χ2v) is 10.1. The maximum atomic E-state index is 13.5. The van der Waals surface area contributed by atoms with Gasteiger partial charge in [-0.1, -0.05) is 45.4 Å². The van der Waals surface area contributed by atoms with Gasteiger partial charge in [0.25, 0.3) is 0 Å². The summed E-state index contributed by atoms with van der Waals surface area (Å²) in [7, 11) is 0. The molecule has 2 N–H and O–H groups in total. The first-order valence-corrected chi connectivity index (χ1v) is 11.3. The number of fused-ring (bicyclic) bond motifs is 3. The summed E-state index contributed by atoms with van der Waals surface area (Å²) in [5.74, 6) is -0.626. The van der Waals surface area contributed by atoms with Crippen LogP contribution in [0.3, 0.4) is 0 Å². The molecule has 0 aromatic heterocycles. The monoisotopic (exact) mass is 426 g/mol. The number of anilines is 1. The first-order chi connectivity index (χ1) is 14.6. The van der Waals surface area contributed by atoms with Gasteiger partial charge < -0.3 is 10.6 Å². The van der Waals surface area contributed by atoms with E-state index in [1.165, 1.54) is 16.7 Å². The molecular weight excluding hydrogens is 394 g/mol. The summed E-state index contributed by atoms with van der Waals surface area (Å²) in [5.41, 5.74) is 3.94. The lowest BCUT2D eigenvalue weighted by atomic mass is 9.52. The van der Waals surface area contributed by atoms with Gasteiger partial charge in [-0.15, -0.1) is 0 Å². The first kappa shape index (κ1) is 21.8. The van der Waals surface area contributed by atoms with Crippen molar-refractivity contribution in [3.8, 4) is 0 Å². The van der Waals surface area contributed by atoms with Crippen LogP contribution >= 0.6 is 0 Å². The van der Waals surface area contributed by atoms with Crippen molar-refractivity contribution < 1.29 is 13.6 Å². The number of carbonyl (C=O) groups excluding carboxylic acids is 1. The van der Waals surface area contributed by atoms with Gasteiger partial charge in [0.05, 0.1) is 0 Å². The number of carbonyl (C=O) groups is 1. The summed E-state index contributed by atoms with van der Waals surface area (Å²) in [6.45, 7) is 8.90. The number of urea groups is 1. The van der Waals surface area contributed by atoms with Gasteiger partial charge in [-0.3, -0.25) is 0 Å². The Morgan fingerprint density at radius 3 is 2.45 bits per heavy atom. The molecule has 2 aliphatic rings. The summed E-state index contributed by atoms with van der Waals surface area (Å²) >= 11 is 0. The number of aryl methyl sites for hydroxylation is 1. The van der Waals surface area contributed by atoms with Gasteiger partial charge in [0.2, 0.25) is 0 Å². The molecule has 5 heteroatoms. The third kappa shape index (κ3) is 4.07. The smallest absolute Gasteiger partial charge is 0.319 e. The SMILES string of the molecule is CC(C)c1ccc2c(c1)CC[C@H]1[C@](C)(NC(=O)Nc3cc(F)cc(F)c3)CCC[C@]21C. The second-order valence-electron chi connectivity index (χ2n) is 10.1. The highest BCUT2D eigenvalue weighted by atomic mass is 19.1. The van der Waals surface area contributed by atoms with E-state index < -0.39 is 23.2 Å². The summed E-state index contributed by atoms with van der Waals surface area (Å²) in [6.07, 6.45) is 5.02.